The number of hydrogen-bond donors (Lipinski definition) is 1. The molecule has 2 aromatic carbocycles. The molecular weight excluding hydrogens is 472 g/mol. The number of halogens is 1. The van der Waals surface area contributed by atoms with Gasteiger partial charge in [0.15, 0.2) is 11.0 Å². The second kappa shape index (κ2) is 10.0. The molecule has 1 aromatic heterocycles. The summed E-state index contributed by atoms with van der Waals surface area (Å²) in [5.74, 6) is 1.16. The fraction of sp³-hybridized carbons (Fsp3) is 0.375. The molecule has 0 radical (unpaired) electrons. The maximum Gasteiger partial charge on any atom is 0.234 e. The van der Waals surface area contributed by atoms with Crippen LogP contribution in [0.2, 0.25) is 0 Å². The lowest BCUT2D eigenvalue weighted by atomic mass is 9.95. The molecule has 1 N–H and O–H groups in total. The van der Waals surface area contributed by atoms with Crippen molar-refractivity contribution in [1.82, 2.24) is 14.8 Å². The average Bonchev–Trinajstić information content (AvgIpc) is 3.19. The van der Waals surface area contributed by atoms with Crippen LogP contribution in [0.3, 0.4) is 0 Å². The highest BCUT2D eigenvalue weighted by molar-refractivity contribution is 9.10. The van der Waals surface area contributed by atoms with Crippen LogP contribution in [0.25, 0.3) is 11.4 Å². The van der Waals surface area contributed by atoms with Gasteiger partial charge in [0, 0.05) is 21.8 Å². The lowest BCUT2D eigenvalue weighted by molar-refractivity contribution is -0.113. The molecule has 0 spiro atoms. The Labute approximate surface area is 196 Å². The standard InChI is InChI=1S/C24H27BrN4OS/c1-16-8-13-21(17(2)14-16)26-22(30)15-31-24-28-27-23(18-9-11-19(25)12-10-18)29(24)20-6-4-3-5-7-20/h8-14,20H,3-7,15H2,1-2H3,(H,26,30). The monoisotopic (exact) mass is 498 g/mol. The minimum atomic E-state index is -0.0275. The summed E-state index contributed by atoms with van der Waals surface area (Å²) < 4.78 is 3.30. The van der Waals surface area contributed by atoms with Crippen molar-refractivity contribution >= 4 is 39.3 Å². The van der Waals surface area contributed by atoms with E-state index >= 15 is 0 Å². The molecule has 1 amide bonds. The molecule has 7 heteroatoms. The third-order valence-corrected chi connectivity index (χ3v) is 7.17. The summed E-state index contributed by atoms with van der Waals surface area (Å²) in [6.45, 7) is 4.06. The quantitative estimate of drug-likeness (QED) is 0.390. The SMILES string of the molecule is Cc1ccc(NC(=O)CSc2nnc(-c3ccc(Br)cc3)n2C2CCCCC2)c(C)c1. The number of thioether (sulfide) groups is 1. The molecular formula is C24H27BrN4OS. The lowest BCUT2D eigenvalue weighted by Gasteiger charge is -2.25. The van der Waals surface area contributed by atoms with Gasteiger partial charge in [-0.3, -0.25) is 9.36 Å². The first-order chi connectivity index (χ1) is 15.0. The fourth-order valence-electron chi connectivity index (χ4n) is 4.11. The van der Waals surface area contributed by atoms with Crippen molar-refractivity contribution in [3.63, 3.8) is 0 Å². The van der Waals surface area contributed by atoms with Gasteiger partial charge in [-0.25, -0.2) is 0 Å². The van der Waals surface area contributed by atoms with Gasteiger partial charge in [-0.1, -0.05) is 76.8 Å². The van der Waals surface area contributed by atoms with E-state index in [-0.39, 0.29) is 5.91 Å². The molecule has 31 heavy (non-hydrogen) atoms. The van der Waals surface area contributed by atoms with Crippen LogP contribution in [0.15, 0.2) is 52.1 Å². The van der Waals surface area contributed by atoms with Crippen LogP contribution in [0.1, 0.15) is 49.3 Å². The topological polar surface area (TPSA) is 59.8 Å². The Hall–Kier alpha value is -2.12. The van der Waals surface area contributed by atoms with Crippen molar-refractivity contribution in [2.75, 3.05) is 11.1 Å². The molecule has 0 unspecified atom stereocenters. The van der Waals surface area contributed by atoms with Gasteiger partial charge in [0.2, 0.25) is 5.91 Å². The maximum atomic E-state index is 12.6. The molecule has 1 aliphatic carbocycles. The van der Waals surface area contributed by atoms with Crippen LogP contribution in [-0.2, 0) is 4.79 Å². The molecule has 0 atom stereocenters. The van der Waals surface area contributed by atoms with E-state index in [9.17, 15) is 4.79 Å². The summed E-state index contributed by atoms with van der Waals surface area (Å²) in [4.78, 5) is 12.6. The highest BCUT2D eigenvalue weighted by Crippen LogP contribution is 2.35. The molecule has 1 heterocycles. The molecule has 1 saturated carbocycles. The van der Waals surface area contributed by atoms with E-state index in [0.29, 0.717) is 11.8 Å². The van der Waals surface area contributed by atoms with Crippen LogP contribution >= 0.6 is 27.7 Å². The van der Waals surface area contributed by atoms with E-state index in [1.54, 1.807) is 0 Å². The average molecular weight is 499 g/mol. The van der Waals surface area contributed by atoms with Crippen molar-refractivity contribution in [2.24, 2.45) is 0 Å². The first kappa shape index (κ1) is 22.1. The van der Waals surface area contributed by atoms with E-state index in [1.807, 2.05) is 31.2 Å². The number of anilines is 1. The largest absolute Gasteiger partial charge is 0.325 e. The highest BCUT2D eigenvalue weighted by atomic mass is 79.9. The van der Waals surface area contributed by atoms with Crippen LogP contribution in [0, 0.1) is 13.8 Å². The Kier molecular flexibility index (Phi) is 7.13. The predicted molar refractivity (Wildman–Crippen MR) is 131 cm³/mol. The van der Waals surface area contributed by atoms with Gasteiger partial charge in [0.25, 0.3) is 0 Å². The van der Waals surface area contributed by atoms with E-state index in [0.717, 1.165) is 45.1 Å². The highest BCUT2D eigenvalue weighted by Gasteiger charge is 2.24. The van der Waals surface area contributed by atoms with Crippen molar-refractivity contribution in [3.8, 4) is 11.4 Å². The van der Waals surface area contributed by atoms with Gasteiger partial charge in [0.1, 0.15) is 0 Å². The summed E-state index contributed by atoms with van der Waals surface area (Å²) >= 11 is 4.97. The zero-order valence-corrected chi connectivity index (χ0v) is 20.3. The molecule has 0 saturated heterocycles. The zero-order chi connectivity index (χ0) is 21.8. The zero-order valence-electron chi connectivity index (χ0n) is 17.9. The molecule has 0 aliphatic heterocycles. The first-order valence-corrected chi connectivity index (χ1v) is 12.5. The van der Waals surface area contributed by atoms with Crippen molar-refractivity contribution in [3.05, 3.63) is 58.1 Å². The van der Waals surface area contributed by atoms with E-state index in [1.165, 1.54) is 36.6 Å². The third kappa shape index (κ3) is 5.39. The normalized spacial score (nSPS) is 14.5. The number of nitrogens with one attached hydrogen (secondary N) is 1. The van der Waals surface area contributed by atoms with E-state index < -0.39 is 0 Å². The van der Waals surface area contributed by atoms with Crippen LogP contribution < -0.4 is 5.32 Å². The van der Waals surface area contributed by atoms with Crippen molar-refractivity contribution < 1.29 is 4.79 Å². The Morgan fingerprint density at radius 3 is 2.55 bits per heavy atom. The number of carbonyl (C=O) groups excluding carboxylic acids is 1. The number of nitrogens with zero attached hydrogens (tertiary/aromatic N) is 3. The van der Waals surface area contributed by atoms with Gasteiger partial charge in [-0.15, -0.1) is 10.2 Å². The fourth-order valence-corrected chi connectivity index (χ4v) is 5.18. The smallest absolute Gasteiger partial charge is 0.234 e. The molecule has 162 valence electrons. The minimum absolute atomic E-state index is 0.0275. The first-order valence-electron chi connectivity index (χ1n) is 10.7. The van der Waals surface area contributed by atoms with Gasteiger partial charge in [-0.2, -0.15) is 0 Å². The van der Waals surface area contributed by atoms with E-state index in [4.69, 9.17) is 0 Å². The second-order valence-corrected chi connectivity index (χ2v) is 9.99. The summed E-state index contributed by atoms with van der Waals surface area (Å²) in [5, 5.41) is 12.9. The van der Waals surface area contributed by atoms with Gasteiger partial charge >= 0.3 is 0 Å². The summed E-state index contributed by atoms with van der Waals surface area (Å²) in [6, 6.07) is 14.6. The van der Waals surface area contributed by atoms with Gasteiger partial charge in [0.05, 0.1) is 5.75 Å². The van der Waals surface area contributed by atoms with E-state index in [2.05, 4.69) is 61.1 Å². The second-order valence-electron chi connectivity index (χ2n) is 8.13. The number of carbonyl (C=O) groups is 1. The van der Waals surface area contributed by atoms with Crippen LogP contribution in [0.4, 0.5) is 5.69 Å². The molecule has 4 rings (SSSR count). The van der Waals surface area contributed by atoms with Gasteiger partial charge in [-0.05, 0) is 50.5 Å². The number of aryl methyl sites for hydroxylation is 2. The Morgan fingerprint density at radius 2 is 1.84 bits per heavy atom. The molecule has 3 aromatic rings. The Bertz CT molecular complexity index is 1060. The predicted octanol–water partition coefficient (Wildman–Crippen LogP) is 6.56. The minimum Gasteiger partial charge on any atom is -0.325 e. The molecule has 1 aliphatic rings. The van der Waals surface area contributed by atoms with Crippen molar-refractivity contribution in [1.29, 1.82) is 0 Å². The molecule has 0 bridgehead atoms. The Morgan fingerprint density at radius 1 is 1.10 bits per heavy atom. The van der Waals surface area contributed by atoms with Crippen LogP contribution in [-0.4, -0.2) is 26.4 Å². The maximum absolute atomic E-state index is 12.6. The number of aromatic nitrogens is 3. The summed E-state index contributed by atoms with van der Waals surface area (Å²) in [5.41, 5.74) is 4.17. The summed E-state index contributed by atoms with van der Waals surface area (Å²) in [7, 11) is 0. The Balaban J connectivity index is 1.53. The number of rotatable bonds is 6. The number of benzene rings is 2. The molecule has 5 nitrogen and oxygen atoms in total. The summed E-state index contributed by atoms with van der Waals surface area (Å²) in [6.07, 6.45) is 5.99. The number of hydrogen-bond acceptors (Lipinski definition) is 4. The third-order valence-electron chi connectivity index (χ3n) is 5.70. The number of amides is 1. The van der Waals surface area contributed by atoms with Crippen LogP contribution in [0.5, 0.6) is 0 Å². The molecule has 1 fully saturated rings. The van der Waals surface area contributed by atoms with Crippen molar-refractivity contribution in [2.45, 2.75) is 57.1 Å². The van der Waals surface area contributed by atoms with Gasteiger partial charge < -0.3 is 5.32 Å². The lowest BCUT2D eigenvalue weighted by Crippen LogP contribution is -2.17.